The van der Waals surface area contributed by atoms with Crippen molar-refractivity contribution in [3.05, 3.63) is 75.4 Å². The van der Waals surface area contributed by atoms with Crippen molar-refractivity contribution in [1.82, 2.24) is 20.1 Å². The van der Waals surface area contributed by atoms with E-state index in [2.05, 4.69) is 20.7 Å². The van der Waals surface area contributed by atoms with Crippen molar-refractivity contribution < 1.29 is 14.0 Å². The maximum Gasteiger partial charge on any atom is 0.266 e. The molecule has 0 unspecified atom stereocenters. The largest absolute Gasteiger partial charge is 0.354 e. The van der Waals surface area contributed by atoms with Gasteiger partial charge in [0.25, 0.3) is 11.5 Å². The van der Waals surface area contributed by atoms with Crippen molar-refractivity contribution in [1.29, 1.82) is 0 Å². The fraction of sp³-hybridized carbons (Fsp3) is 0.211. The molecule has 0 aliphatic heterocycles. The van der Waals surface area contributed by atoms with Crippen LogP contribution in [-0.4, -0.2) is 33.1 Å². The van der Waals surface area contributed by atoms with Crippen LogP contribution in [0.5, 0.6) is 0 Å². The quantitative estimate of drug-likeness (QED) is 0.584. The number of benzene rings is 1. The standard InChI is InChI=1S/C19H18FN5O3S/c20-14-5-3-13(4-6-14)18(28)24-19-23-15(12-29-19)7-8-16(26)21-10-11-25-17(27)2-1-9-22-25/h1-6,9,12H,7-8,10-11H2,(H,21,26)(H,23,24,28). The Balaban J connectivity index is 1.42. The number of thiazole rings is 1. The topological polar surface area (TPSA) is 106 Å². The van der Waals surface area contributed by atoms with Crippen LogP contribution in [0.15, 0.2) is 52.8 Å². The highest BCUT2D eigenvalue weighted by molar-refractivity contribution is 7.14. The van der Waals surface area contributed by atoms with Gasteiger partial charge < -0.3 is 5.32 Å². The molecule has 0 spiro atoms. The van der Waals surface area contributed by atoms with E-state index in [1.54, 1.807) is 11.4 Å². The molecule has 0 aliphatic carbocycles. The summed E-state index contributed by atoms with van der Waals surface area (Å²) in [7, 11) is 0. The summed E-state index contributed by atoms with van der Waals surface area (Å²) in [6, 6.07) is 8.17. The zero-order valence-electron chi connectivity index (χ0n) is 15.3. The minimum atomic E-state index is -0.413. The first-order valence-electron chi connectivity index (χ1n) is 8.81. The Morgan fingerprint density at radius 2 is 1.97 bits per heavy atom. The van der Waals surface area contributed by atoms with Gasteiger partial charge in [0.2, 0.25) is 5.91 Å². The zero-order chi connectivity index (χ0) is 20.6. The predicted molar refractivity (Wildman–Crippen MR) is 106 cm³/mol. The van der Waals surface area contributed by atoms with Crippen LogP contribution >= 0.6 is 11.3 Å². The maximum atomic E-state index is 12.9. The highest BCUT2D eigenvalue weighted by Crippen LogP contribution is 2.17. The van der Waals surface area contributed by atoms with Gasteiger partial charge in [-0.25, -0.2) is 14.1 Å². The second-order valence-corrected chi connectivity index (χ2v) is 6.90. The van der Waals surface area contributed by atoms with Crippen LogP contribution in [0.2, 0.25) is 0 Å². The van der Waals surface area contributed by atoms with Crippen molar-refractivity contribution in [3.8, 4) is 0 Å². The number of aromatic nitrogens is 3. The molecule has 2 aromatic heterocycles. The first kappa shape index (κ1) is 20.3. The number of carbonyl (C=O) groups is 2. The Morgan fingerprint density at radius 1 is 1.17 bits per heavy atom. The van der Waals surface area contributed by atoms with Crippen LogP contribution in [0.4, 0.5) is 9.52 Å². The number of hydrogen-bond acceptors (Lipinski definition) is 6. The molecule has 0 bridgehead atoms. The molecule has 8 nitrogen and oxygen atoms in total. The van der Waals surface area contributed by atoms with Gasteiger partial charge in [0, 0.05) is 36.2 Å². The fourth-order valence-corrected chi connectivity index (χ4v) is 3.18. The third kappa shape index (κ3) is 6.04. The van der Waals surface area contributed by atoms with Crippen molar-refractivity contribution in [2.45, 2.75) is 19.4 Å². The lowest BCUT2D eigenvalue weighted by atomic mass is 10.2. The number of amides is 2. The van der Waals surface area contributed by atoms with E-state index < -0.39 is 5.82 Å². The summed E-state index contributed by atoms with van der Waals surface area (Å²) in [5.41, 5.74) is 0.787. The van der Waals surface area contributed by atoms with Gasteiger partial charge in [-0.3, -0.25) is 19.7 Å². The normalized spacial score (nSPS) is 10.5. The van der Waals surface area contributed by atoms with Gasteiger partial charge in [-0.1, -0.05) is 0 Å². The highest BCUT2D eigenvalue weighted by atomic mass is 32.1. The molecule has 0 aliphatic rings. The Kier molecular flexibility index (Phi) is 6.80. The molecule has 0 fully saturated rings. The number of hydrogen-bond donors (Lipinski definition) is 2. The highest BCUT2D eigenvalue weighted by Gasteiger charge is 2.10. The zero-order valence-corrected chi connectivity index (χ0v) is 16.1. The Labute approximate surface area is 169 Å². The van der Waals surface area contributed by atoms with Crippen molar-refractivity contribution >= 4 is 28.3 Å². The minimum absolute atomic E-state index is 0.168. The molecule has 2 N–H and O–H groups in total. The summed E-state index contributed by atoms with van der Waals surface area (Å²) >= 11 is 1.25. The van der Waals surface area contributed by atoms with E-state index in [0.717, 1.165) is 0 Å². The molecule has 1 aromatic carbocycles. The van der Waals surface area contributed by atoms with E-state index in [4.69, 9.17) is 0 Å². The molecule has 3 rings (SSSR count). The summed E-state index contributed by atoms with van der Waals surface area (Å²) in [6.07, 6.45) is 2.16. The second-order valence-electron chi connectivity index (χ2n) is 6.04. The summed E-state index contributed by atoms with van der Waals surface area (Å²) in [5, 5.41) is 11.5. The van der Waals surface area contributed by atoms with E-state index >= 15 is 0 Å². The Hall–Kier alpha value is -3.40. The number of carbonyl (C=O) groups excluding carboxylic acids is 2. The minimum Gasteiger partial charge on any atom is -0.354 e. The van der Waals surface area contributed by atoms with E-state index in [-0.39, 0.29) is 23.8 Å². The molecule has 0 radical (unpaired) electrons. The van der Waals surface area contributed by atoms with Crippen molar-refractivity contribution in [2.24, 2.45) is 0 Å². The lowest BCUT2D eigenvalue weighted by Gasteiger charge is -2.05. The molecule has 10 heteroatoms. The van der Waals surface area contributed by atoms with Crippen LogP contribution in [0, 0.1) is 5.82 Å². The molecule has 0 saturated heterocycles. The predicted octanol–water partition coefficient (Wildman–Crippen LogP) is 1.84. The fourth-order valence-electron chi connectivity index (χ4n) is 2.44. The first-order chi connectivity index (χ1) is 14.0. The Morgan fingerprint density at radius 3 is 2.72 bits per heavy atom. The van der Waals surface area contributed by atoms with E-state index in [1.807, 2.05) is 0 Å². The van der Waals surface area contributed by atoms with Gasteiger partial charge in [-0.15, -0.1) is 11.3 Å². The molecule has 0 atom stereocenters. The van der Waals surface area contributed by atoms with Gasteiger partial charge in [0.05, 0.1) is 12.2 Å². The summed E-state index contributed by atoms with van der Waals surface area (Å²) in [6.45, 7) is 0.591. The number of halogens is 1. The van der Waals surface area contributed by atoms with Crippen molar-refractivity contribution in [2.75, 3.05) is 11.9 Å². The molecular weight excluding hydrogens is 397 g/mol. The number of nitrogens with one attached hydrogen (secondary N) is 2. The number of anilines is 1. The van der Waals surface area contributed by atoms with Crippen molar-refractivity contribution in [3.63, 3.8) is 0 Å². The van der Waals surface area contributed by atoms with Gasteiger partial charge in [0.1, 0.15) is 5.82 Å². The smallest absolute Gasteiger partial charge is 0.266 e. The lowest BCUT2D eigenvalue weighted by Crippen LogP contribution is -2.31. The lowest BCUT2D eigenvalue weighted by molar-refractivity contribution is -0.121. The summed E-state index contributed by atoms with van der Waals surface area (Å²) in [4.78, 5) is 39.9. The summed E-state index contributed by atoms with van der Waals surface area (Å²) in [5.74, 6) is -0.962. The number of nitrogens with zero attached hydrogens (tertiary/aromatic N) is 3. The van der Waals surface area contributed by atoms with E-state index in [1.165, 1.54) is 52.5 Å². The Bertz CT molecular complexity index is 1050. The SMILES string of the molecule is O=C(CCc1csc(NC(=O)c2ccc(F)cc2)n1)NCCn1ncccc1=O. The van der Waals surface area contributed by atoms with Gasteiger partial charge in [0.15, 0.2) is 5.13 Å². The van der Waals surface area contributed by atoms with Gasteiger partial charge >= 0.3 is 0 Å². The third-order valence-corrected chi connectivity index (χ3v) is 4.72. The average Bonchev–Trinajstić information content (AvgIpc) is 3.15. The average molecular weight is 415 g/mol. The molecule has 2 amide bonds. The first-order valence-corrected chi connectivity index (χ1v) is 9.69. The molecule has 3 aromatic rings. The van der Waals surface area contributed by atoms with Gasteiger partial charge in [-0.2, -0.15) is 5.10 Å². The molecule has 2 heterocycles. The number of rotatable bonds is 8. The monoisotopic (exact) mass is 415 g/mol. The van der Waals surface area contributed by atoms with Crippen LogP contribution in [0.3, 0.4) is 0 Å². The molecule has 29 heavy (non-hydrogen) atoms. The van der Waals surface area contributed by atoms with Crippen LogP contribution < -0.4 is 16.2 Å². The van der Waals surface area contributed by atoms with Crippen LogP contribution in [-0.2, 0) is 17.8 Å². The number of aryl methyl sites for hydroxylation is 1. The van der Waals surface area contributed by atoms with Crippen LogP contribution in [0.25, 0.3) is 0 Å². The molecule has 150 valence electrons. The van der Waals surface area contributed by atoms with Crippen LogP contribution in [0.1, 0.15) is 22.5 Å². The maximum absolute atomic E-state index is 12.9. The second kappa shape index (κ2) is 9.69. The molecular formula is C19H18FN5O3S. The third-order valence-electron chi connectivity index (χ3n) is 3.92. The van der Waals surface area contributed by atoms with E-state index in [9.17, 15) is 18.8 Å². The molecule has 0 saturated carbocycles. The van der Waals surface area contributed by atoms with E-state index in [0.29, 0.717) is 35.9 Å². The summed E-state index contributed by atoms with van der Waals surface area (Å²) < 4.78 is 14.2. The van der Waals surface area contributed by atoms with Gasteiger partial charge in [-0.05, 0) is 36.8 Å².